The normalized spacial score (nSPS) is 15.0. The second-order valence-electron chi connectivity index (χ2n) is 6.40. The summed E-state index contributed by atoms with van der Waals surface area (Å²) in [5.74, 6) is 0.510. The van der Waals surface area contributed by atoms with Crippen molar-refractivity contribution in [2.24, 2.45) is 4.99 Å². The average Bonchev–Trinajstić information content (AvgIpc) is 3.06. The molecule has 0 aromatic heterocycles. The Hall–Kier alpha value is -3.93. The molecule has 0 spiro atoms. The number of phenolic OH excluding ortho intramolecular Hbond substituents is 1. The number of carbonyl (C=O) groups is 1. The summed E-state index contributed by atoms with van der Waals surface area (Å²) >= 11 is 0. The third-order valence-corrected chi connectivity index (χ3v) is 4.49. The Morgan fingerprint density at radius 2 is 1.62 bits per heavy atom. The largest absolute Gasteiger partial charge is 0.508 e. The summed E-state index contributed by atoms with van der Waals surface area (Å²) in [6, 6.07) is 19.3. The second-order valence-corrected chi connectivity index (χ2v) is 6.40. The summed E-state index contributed by atoms with van der Waals surface area (Å²) in [6.45, 7) is 0. The SMILES string of the molecule is COc1ccc(/C=C2/N=C(c3ccc(F)cc3)N(c3ccc(O)cc3)C2=O)cc1. The number of aliphatic imine (C=N–C) groups is 1. The van der Waals surface area contributed by atoms with E-state index >= 15 is 0 Å². The van der Waals surface area contributed by atoms with E-state index in [-0.39, 0.29) is 23.2 Å². The molecule has 0 saturated carbocycles. The van der Waals surface area contributed by atoms with Gasteiger partial charge in [0.25, 0.3) is 5.91 Å². The van der Waals surface area contributed by atoms with Crippen LogP contribution in [0.4, 0.5) is 10.1 Å². The number of methoxy groups -OCH3 is 1. The van der Waals surface area contributed by atoms with Gasteiger partial charge >= 0.3 is 0 Å². The van der Waals surface area contributed by atoms with E-state index in [2.05, 4.69) is 4.99 Å². The zero-order valence-electron chi connectivity index (χ0n) is 15.5. The molecule has 1 heterocycles. The van der Waals surface area contributed by atoms with Gasteiger partial charge in [0.1, 0.15) is 28.8 Å². The first-order chi connectivity index (χ1) is 14.0. The lowest BCUT2D eigenvalue weighted by Gasteiger charge is -2.18. The van der Waals surface area contributed by atoms with Crippen LogP contribution in [0.3, 0.4) is 0 Å². The van der Waals surface area contributed by atoms with Crippen molar-refractivity contribution in [2.75, 3.05) is 12.0 Å². The average molecular weight is 388 g/mol. The zero-order chi connectivity index (χ0) is 20.4. The highest BCUT2D eigenvalue weighted by Gasteiger charge is 2.32. The van der Waals surface area contributed by atoms with Gasteiger partial charge in [0.15, 0.2) is 0 Å². The van der Waals surface area contributed by atoms with Crippen LogP contribution in [0.5, 0.6) is 11.5 Å². The molecule has 6 heteroatoms. The summed E-state index contributed by atoms with van der Waals surface area (Å²) in [4.78, 5) is 19.1. The van der Waals surface area contributed by atoms with Crippen LogP contribution in [0, 0.1) is 5.82 Å². The van der Waals surface area contributed by atoms with E-state index in [1.54, 1.807) is 49.6 Å². The van der Waals surface area contributed by atoms with Crippen LogP contribution < -0.4 is 9.64 Å². The fourth-order valence-electron chi connectivity index (χ4n) is 3.01. The maximum Gasteiger partial charge on any atom is 0.282 e. The minimum Gasteiger partial charge on any atom is -0.508 e. The van der Waals surface area contributed by atoms with Gasteiger partial charge < -0.3 is 9.84 Å². The topological polar surface area (TPSA) is 62.1 Å². The van der Waals surface area contributed by atoms with Crippen molar-refractivity contribution in [2.45, 2.75) is 0 Å². The molecule has 3 aromatic rings. The van der Waals surface area contributed by atoms with Gasteiger partial charge in [-0.3, -0.25) is 9.69 Å². The molecule has 1 aliphatic heterocycles. The molecule has 0 unspecified atom stereocenters. The van der Waals surface area contributed by atoms with E-state index in [4.69, 9.17) is 4.74 Å². The monoisotopic (exact) mass is 388 g/mol. The van der Waals surface area contributed by atoms with Crippen molar-refractivity contribution in [1.82, 2.24) is 0 Å². The van der Waals surface area contributed by atoms with E-state index in [1.165, 1.54) is 29.2 Å². The number of ether oxygens (including phenoxy) is 1. The first-order valence-corrected chi connectivity index (χ1v) is 8.89. The van der Waals surface area contributed by atoms with Crippen molar-refractivity contribution >= 4 is 23.5 Å². The van der Waals surface area contributed by atoms with Gasteiger partial charge in [-0.1, -0.05) is 12.1 Å². The molecule has 1 amide bonds. The molecule has 4 rings (SSSR count). The number of halogens is 1. The summed E-state index contributed by atoms with van der Waals surface area (Å²) in [5.41, 5.74) is 2.20. The van der Waals surface area contributed by atoms with Gasteiger partial charge in [-0.15, -0.1) is 0 Å². The number of amidine groups is 1. The predicted octanol–water partition coefficient (Wildman–Crippen LogP) is 4.37. The van der Waals surface area contributed by atoms with Crippen LogP contribution in [0.2, 0.25) is 0 Å². The third-order valence-electron chi connectivity index (χ3n) is 4.49. The molecule has 0 bridgehead atoms. The standard InChI is InChI=1S/C23H17FN2O3/c1-29-20-12-2-15(3-13-20)14-21-23(28)26(18-8-10-19(27)11-9-18)22(25-21)16-4-6-17(24)7-5-16/h2-14,27H,1H3/b21-14+. The van der Waals surface area contributed by atoms with E-state index < -0.39 is 0 Å². The Balaban J connectivity index is 1.78. The van der Waals surface area contributed by atoms with Gasteiger partial charge in [-0.05, 0) is 72.3 Å². The summed E-state index contributed by atoms with van der Waals surface area (Å²) in [6.07, 6.45) is 1.69. The lowest BCUT2D eigenvalue weighted by molar-refractivity contribution is -0.113. The predicted molar refractivity (Wildman–Crippen MR) is 110 cm³/mol. The first kappa shape index (κ1) is 18.4. The number of benzene rings is 3. The number of phenols is 1. The second kappa shape index (κ2) is 7.59. The maximum absolute atomic E-state index is 13.4. The van der Waals surface area contributed by atoms with E-state index in [0.717, 1.165) is 5.56 Å². The third kappa shape index (κ3) is 3.73. The lowest BCUT2D eigenvalue weighted by atomic mass is 10.1. The van der Waals surface area contributed by atoms with E-state index in [0.29, 0.717) is 22.8 Å². The van der Waals surface area contributed by atoms with Crippen molar-refractivity contribution < 1.29 is 19.0 Å². The number of aromatic hydroxyl groups is 1. The highest BCUT2D eigenvalue weighted by atomic mass is 19.1. The molecular formula is C23H17FN2O3. The van der Waals surface area contributed by atoms with E-state index in [1.807, 2.05) is 12.1 Å². The van der Waals surface area contributed by atoms with Gasteiger partial charge in [0, 0.05) is 5.56 Å². The fraction of sp³-hybridized carbons (Fsp3) is 0.0435. The molecule has 3 aromatic carbocycles. The molecule has 0 fully saturated rings. The summed E-state index contributed by atoms with van der Waals surface area (Å²) in [5, 5.41) is 9.57. The number of amides is 1. The van der Waals surface area contributed by atoms with E-state index in [9.17, 15) is 14.3 Å². The number of nitrogens with zero attached hydrogens (tertiary/aromatic N) is 2. The molecule has 0 saturated heterocycles. The first-order valence-electron chi connectivity index (χ1n) is 8.89. The highest BCUT2D eigenvalue weighted by molar-refractivity contribution is 6.33. The minimum absolute atomic E-state index is 0.0923. The number of hydrogen-bond donors (Lipinski definition) is 1. The van der Waals surface area contributed by atoms with Crippen molar-refractivity contribution in [3.05, 3.63) is 95.4 Å². The quantitative estimate of drug-likeness (QED) is 0.675. The van der Waals surface area contributed by atoms with Crippen LogP contribution >= 0.6 is 0 Å². The van der Waals surface area contributed by atoms with Crippen molar-refractivity contribution in [3.63, 3.8) is 0 Å². The highest BCUT2D eigenvalue weighted by Crippen LogP contribution is 2.29. The summed E-state index contributed by atoms with van der Waals surface area (Å²) < 4.78 is 18.5. The van der Waals surface area contributed by atoms with Crippen molar-refractivity contribution in [1.29, 1.82) is 0 Å². The summed E-state index contributed by atoms with van der Waals surface area (Å²) in [7, 11) is 1.59. The van der Waals surface area contributed by atoms with Gasteiger partial charge in [0.2, 0.25) is 0 Å². The number of rotatable bonds is 4. The molecule has 0 radical (unpaired) electrons. The smallest absolute Gasteiger partial charge is 0.282 e. The Morgan fingerprint density at radius 1 is 0.966 bits per heavy atom. The van der Waals surface area contributed by atoms with Gasteiger partial charge in [-0.2, -0.15) is 0 Å². The van der Waals surface area contributed by atoms with Crippen LogP contribution in [0.25, 0.3) is 6.08 Å². The van der Waals surface area contributed by atoms with Crippen LogP contribution in [0.1, 0.15) is 11.1 Å². The molecule has 1 aliphatic rings. The van der Waals surface area contributed by atoms with Gasteiger partial charge in [-0.25, -0.2) is 9.38 Å². The molecular weight excluding hydrogens is 371 g/mol. The number of carbonyl (C=O) groups excluding carboxylic acids is 1. The Labute approximate surface area is 167 Å². The lowest BCUT2D eigenvalue weighted by Crippen LogP contribution is -2.32. The van der Waals surface area contributed by atoms with Crippen LogP contribution in [0.15, 0.2) is 83.5 Å². The minimum atomic E-state index is -0.371. The van der Waals surface area contributed by atoms with Crippen molar-refractivity contribution in [3.8, 4) is 11.5 Å². The number of hydrogen-bond acceptors (Lipinski definition) is 4. The molecule has 5 nitrogen and oxygen atoms in total. The maximum atomic E-state index is 13.4. The van der Waals surface area contributed by atoms with Crippen LogP contribution in [-0.4, -0.2) is 24.0 Å². The molecule has 1 N–H and O–H groups in total. The molecule has 0 atom stereocenters. The molecule has 144 valence electrons. The Bertz CT molecular complexity index is 1100. The fourth-order valence-corrected chi connectivity index (χ4v) is 3.01. The molecule has 0 aliphatic carbocycles. The Kier molecular flexibility index (Phi) is 4.83. The Morgan fingerprint density at radius 3 is 2.24 bits per heavy atom. The van der Waals surface area contributed by atoms with Gasteiger partial charge in [0.05, 0.1) is 12.8 Å². The molecule has 29 heavy (non-hydrogen) atoms. The van der Waals surface area contributed by atoms with Crippen LogP contribution in [-0.2, 0) is 4.79 Å². The zero-order valence-corrected chi connectivity index (χ0v) is 15.5. The number of anilines is 1.